The maximum Gasteiger partial charge on any atom is 0.339 e. The van der Waals surface area contributed by atoms with Crippen LogP contribution in [0, 0.1) is 0 Å². The highest BCUT2D eigenvalue weighted by molar-refractivity contribution is 6.35. The summed E-state index contributed by atoms with van der Waals surface area (Å²) in [5, 5.41) is 13.3. The van der Waals surface area contributed by atoms with E-state index in [1.165, 1.54) is 51.1 Å². The van der Waals surface area contributed by atoms with Crippen LogP contribution in [0.1, 0.15) is 53.1 Å². The van der Waals surface area contributed by atoms with Crippen molar-refractivity contribution in [2.24, 2.45) is 0 Å². The molecule has 2 heterocycles. The number of cyclic esters (lactones) is 1. The number of fused-ring (bicyclic) bond motifs is 2. The number of rotatable bonds is 9. The molecule has 236 valence electrons. The van der Waals surface area contributed by atoms with E-state index >= 15 is 0 Å². The normalized spacial score (nSPS) is 15.2. The summed E-state index contributed by atoms with van der Waals surface area (Å²) in [6.07, 6.45) is -1.83. The first-order chi connectivity index (χ1) is 21.8. The Morgan fingerprint density at radius 1 is 0.957 bits per heavy atom. The van der Waals surface area contributed by atoms with Gasteiger partial charge in [0.2, 0.25) is 6.04 Å². The molecule has 3 unspecified atom stereocenters. The predicted molar refractivity (Wildman–Crippen MR) is 166 cm³/mol. The molecular formula is C31H25Cl2N5O8. The fourth-order valence-electron chi connectivity index (χ4n) is 4.61. The van der Waals surface area contributed by atoms with Gasteiger partial charge in [-0.15, -0.1) is 5.10 Å². The van der Waals surface area contributed by atoms with E-state index in [1.54, 1.807) is 24.3 Å². The molecule has 15 heteroatoms. The van der Waals surface area contributed by atoms with Crippen molar-refractivity contribution in [3.8, 4) is 0 Å². The monoisotopic (exact) mass is 665 g/mol. The van der Waals surface area contributed by atoms with Gasteiger partial charge in [0.05, 0.1) is 38.1 Å². The lowest BCUT2D eigenvalue weighted by Gasteiger charge is -2.24. The summed E-state index contributed by atoms with van der Waals surface area (Å²) in [4.78, 5) is 76.3. The molecule has 0 saturated heterocycles. The first-order valence-electron chi connectivity index (χ1n) is 13.8. The summed E-state index contributed by atoms with van der Waals surface area (Å²) in [6.45, 7) is 4.00. The average Bonchev–Trinajstić information content (AvgIpc) is 3.42. The topological polar surface area (TPSA) is 176 Å². The molecule has 2 N–H and O–H groups in total. The van der Waals surface area contributed by atoms with Crippen molar-refractivity contribution in [1.82, 2.24) is 15.0 Å². The number of amides is 2. The van der Waals surface area contributed by atoms with E-state index in [-0.39, 0.29) is 50.5 Å². The smallest absolute Gasteiger partial charge is 0.339 e. The Morgan fingerprint density at radius 2 is 1.63 bits per heavy atom. The Bertz CT molecular complexity index is 1940. The quantitative estimate of drug-likeness (QED) is 0.193. The van der Waals surface area contributed by atoms with E-state index in [0.29, 0.717) is 16.6 Å². The maximum atomic E-state index is 13.9. The number of nitrogens with one attached hydrogen (secondary N) is 2. The van der Waals surface area contributed by atoms with Gasteiger partial charge in [-0.25, -0.2) is 14.3 Å². The summed E-state index contributed by atoms with van der Waals surface area (Å²) < 4.78 is 11.4. The number of benzene rings is 3. The van der Waals surface area contributed by atoms with Crippen LogP contribution in [0.4, 0.5) is 11.4 Å². The second kappa shape index (κ2) is 13.1. The number of nitrogens with zero attached hydrogens (tertiary/aromatic N) is 3. The number of halogens is 2. The number of hydrogen-bond acceptors (Lipinski definition) is 10. The number of carbonyl (C=O) groups is 6. The molecule has 0 saturated carbocycles. The van der Waals surface area contributed by atoms with Crippen LogP contribution in [-0.4, -0.2) is 62.5 Å². The van der Waals surface area contributed by atoms with Gasteiger partial charge in [0.25, 0.3) is 11.8 Å². The molecule has 46 heavy (non-hydrogen) atoms. The van der Waals surface area contributed by atoms with E-state index in [0.717, 1.165) is 4.68 Å². The molecule has 0 radical (unpaired) electrons. The Hall–Kier alpha value is -5.14. The van der Waals surface area contributed by atoms with Crippen LogP contribution in [0.25, 0.3) is 11.0 Å². The van der Waals surface area contributed by atoms with Gasteiger partial charge in [-0.2, -0.15) is 0 Å². The molecular weight excluding hydrogens is 641 g/mol. The zero-order chi connectivity index (χ0) is 33.3. The van der Waals surface area contributed by atoms with Gasteiger partial charge in [-0.1, -0.05) is 40.5 Å². The van der Waals surface area contributed by atoms with Crippen LogP contribution >= 0.6 is 23.2 Å². The van der Waals surface area contributed by atoms with Gasteiger partial charge in [0.1, 0.15) is 5.52 Å². The van der Waals surface area contributed by atoms with Gasteiger partial charge in [0, 0.05) is 6.42 Å². The van der Waals surface area contributed by atoms with Gasteiger partial charge >= 0.3 is 11.9 Å². The maximum absolute atomic E-state index is 13.9. The van der Waals surface area contributed by atoms with Gasteiger partial charge in [-0.3, -0.25) is 19.2 Å². The molecule has 0 fully saturated rings. The molecule has 0 aliphatic carbocycles. The zero-order valence-electron chi connectivity index (χ0n) is 24.5. The SMILES string of the molecule is CC(=O)C(C)OC(=O)c1ccc(Cl)c(NC(=O)C(C(=O)Nc2cc3c(cc2Cl)CC(C(C)=O)OC3=O)n2nnc3ccccc32)c1. The molecule has 4 aromatic rings. The van der Waals surface area contributed by atoms with E-state index < -0.39 is 42.0 Å². The Labute approximate surface area is 271 Å². The second-order valence-electron chi connectivity index (χ2n) is 10.5. The molecule has 3 aromatic carbocycles. The number of hydrogen-bond donors (Lipinski definition) is 2. The fraction of sp³-hybridized carbons (Fsp3) is 0.226. The summed E-state index contributed by atoms with van der Waals surface area (Å²) in [5.41, 5.74) is 1.24. The molecule has 1 aliphatic heterocycles. The first kappa shape index (κ1) is 32.3. The molecule has 5 rings (SSSR count). The minimum atomic E-state index is -1.71. The van der Waals surface area contributed by atoms with Crippen molar-refractivity contribution in [2.45, 2.75) is 45.4 Å². The van der Waals surface area contributed by atoms with Crippen molar-refractivity contribution in [3.63, 3.8) is 0 Å². The molecule has 1 aliphatic rings. The highest BCUT2D eigenvalue weighted by Gasteiger charge is 2.34. The van der Waals surface area contributed by atoms with Crippen molar-refractivity contribution in [3.05, 3.63) is 81.3 Å². The number of aromatic nitrogens is 3. The van der Waals surface area contributed by atoms with Crippen molar-refractivity contribution >= 4 is 80.9 Å². The summed E-state index contributed by atoms with van der Waals surface area (Å²) in [7, 11) is 0. The highest BCUT2D eigenvalue weighted by Crippen LogP contribution is 2.32. The number of para-hydroxylation sites is 1. The molecule has 13 nitrogen and oxygen atoms in total. The third-order valence-corrected chi connectivity index (χ3v) is 7.86. The molecule has 0 bridgehead atoms. The average molecular weight is 666 g/mol. The fourth-order valence-corrected chi connectivity index (χ4v) is 5.01. The number of ether oxygens (including phenoxy) is 2. The minimum absolute atomic E-state index is 0.00627. The van der Waals surface area contributed by atoms with Crippen molar-refractivity contribution in [1.29, 1.82) is 0 Å². The van der Waals surface area contributed by atoms with Gasteiger partial charge in [0.15, 0.2) is 23.8 Å². The summed E-state index contributed by atoms with van der Waals surface area (Å²) >= 11 is 12.8. The summed E-state index contributed by atoms with van der Waals surface area (Å²) in [6, 6.07) is 11.6. The minimum Gasteiger partial charge on any atom is -0.451 e. The Morgan fingerprint density at radius 3 is 2.30 bits per heavy atom. The number of esters is 2. The van der Waals surface area contributed by atoms with E-state index in [2.05, 4.69) is 20.9 Å². The van der Waals surface area contributed by atoms with E-state index in [9.17, 15) is 28.8 Å². The van der Waals surface area contributed by atoms with Gasteiger partial charge in [-0.05, 0) is 68.8 Å². The van der Waals surface area contributed by atoms with Crippen LogP contribution < -0.4 is 10.6 Å². The van der Waals surface area contributed by atoms with E-state index in [4.69, 9.17) is 32.7 Å². The van der Waals surface area contributed by atoms with E-state index in [1.807, 2.05) is 0 Å². The largest absolute Gasteiger partial charge is 0.451 e. The van der Waals surface area contributed by atoms with Crippen LogP contribution in [0.2, 0.25) is 10.0 Å². The van der Waals surface area contributed by atoms with Crippen molar-refractivity contribution < 1.29 is 38.2 Å². The third kappa shape index (κ3) is 6.60. The Balaban J connectivity index is 1.47. The second-order valence-corrected chi connectivity index (χ2v) is 11.3. The molecule has 3 atom stereocenters. The standard InChI is InChI=1S/C31H25Cl2N5O8/c1-14(39)16(3)45-30(43)17-8-9-20(32)23(11-17)34-28(41)27(38-25-7-5-4-6-22(25)36-37-38)29(42)35-24-13-19-18(10-21(24)33)12-26(15(2)40)46-31(19)44/h4-11,13,16,26-27H,12H2,1-3H3,(H,34,41)(H,35,42). The number of anilines is 2. The molecule has 0 spiro atoms. The lowest BCUT2D eigenvalue weighted by Crippen LogP contribution is -2.37. The van der Waals surface area contributed by atoms with Crippen molar-refractivity contribution in [2.75, 3.05) is 10.6 Å². The lowest BCUT2D eigenvalue weighted by atomic mass is 9.96. The lowest BCUT2D eigenvalue weighted by molar-refractivity contribution is -0.129. The predicted octanol–water partition coefficient (Wildman–Crippen LogP) is 4.36. The third-order valence-electron chi connectivity index (χ3n) is 7.21. The highest BCUT2D eigenvalue weighted by atomic mass is 35.5. The van der Waals surface area contributed by atoms with Gasteiger partial charge < -0.3 is 20.1 Å². The zero-order valence-corrected chi connectivity index (χ0v) is 26.0. The van der Waals surface area contributed by atoms with Crippen LogP contribution in [0.15, 0.2) is 54.6 Å². The molecule has 2 amide bonds. The number of Topliss-reactive ketones (excluding diaryl/α,β-unsaturated/α-hetero) is 2. The number of ketones is 2. The van der Waals surface area contributed by atoms with Crippen LogP contribution in [0.5, 0.6) is 0 Å². The molecule has 1 aromatic heterocycles. The van der Waals surface area contributed by atoms with Crippen LogP contribution in [0.3, 0.4) is 0 Å². The number of carbonyl (C=O) groups excluding carboxylic acids is 6. The van der Waals surface area contributed by atoms with Crippen LogP contribution in [-0.2, 0) is 35.1 Å². The first-order valence-corrected chi connectivity index (χ1v) is 14.6. The Kier molecular flexibility index (Phi) is 9.17. The summed E-state index contributed by atoms with van der Waals surface area (Å²) in [5.74, 6) is -4.12.